The molecule has 0 fully saturated rings. The van der Waals surface area contributed by atoms with E-state index in [9.17, 15) is 13.2 Å². The van der Waals surface area contributed by atoms with Crippen molar-refractivity contribution < 1.29 is 13.2 Å². The van der Waals surface area contributed by atoms with Gasteiger partial charge in [-0.2, -0.15) is 0 Å². The number of carbonyl (C=O) groups excluding carboxylic acids is 1. The molecule has 2 aromatic rings. The number of anilines is 1. The second kappa shape index (κ2) is 9.88. The molecule has 1 atom stereocenters. The molecule has 0 saturated heterocycles. The van der Waals surface area contributed by atoms with Crippen LogP contribution in [0.2, 0.25) is 5.02 Å². The van der Waals surface area contributed by atoms with E-state index in [1.165, 1.54) is 7.05 Å². The number of amides is 1. The van der Waals surface area contributed by atoms with Gasteiger partial charge in [-0.05, 0) is 36.1 Å². The van der Waals surface area contributed by atoms with Crippen molar-refractivity contribution in [2.24, 2.45) is 5.92 Å². The Bertz CT molecular complexity index is 1080. The van der Waals surface area contributed by atoms with Crippen LogP contribution in [0.5, 0.6) is 0 Å². The highest BCUT2D eigenvalue weighted by Gasteiger charge is 2.39. The molecule has 31 heavy (non-hydrogen) atoms. The number of hydrogen-bond acceptors (Lipinski definition) is 3. The van der Waals surface area contributed by atoms with Gasteiger partial charge in [0.25, 0.3) is 15.9 Å². The Morgan fingerprint density at radius 3 is 2.48 bits per heavy atom. The summed E-state index contributed by atoms with van der Waals surface area (Å²) in [4.78, 5) is 13.1. The molecule has 1 heterocycles. The van der Waals surface area contributed by atoms with Crippen molar-refractivity contribution in [2.45, 2.75) is 39.5 Å². The predicted molar refractivity (Wildman–Crippen MR) is 128 cm³/mol. The van der Waals surface area contributed by atoms with Crippen LogP contribution in [0.3, 0.4) is 0 Å². The van der Waals surface area contributed by atoms with Crippen LogP contribution in [0.4, 0.5) is 5.69 Å². The molecule has 0 aromatic heterocycles. The largest absolute Gasteiger partial charge is 0.351 e. The van der Waals surface area contributed by atoms with E-state index >= 15 is 0 Å². The topological polar surface area (TPSA) is 66.5 Å². The summed E-state index contributed by atoms with van der Waals surface area (Å²) in [5.41, 5.74) is 2.16. The maximum Gasteiger partial charge on any atom is 0.270 e. The standard InChI is InChI=1S/C24H29ClN2O3S/c1-4-6-10-17(5-2)16-26-24(28)23-22(18-11-8-7-9-12-18)20-15-19(25)13-14-21(20)27(3)31(23,29)30/h7-9,11-15,17H,4-6,10,16H2,1-3H3,(H,26,28)/t17-/m1/s1. The third-order valence-corrected chi connectivity index (χ3v) is 7.83. The number of rotatable bonds is 8. The smallest absolute Gasteiger partial charge is 0.270 e. The van der Waals surface area contributed by atoms with E-state index in [0.29, 0.717) is 39.9 Å². The third kappa shape index (κ3) is 4.80. The van der Waals surface area contributed by atoms with Gasteiger partial charge in [-0.3, -0.25) is 9.10 Å². The summed E-state index contributed by atoms with van der Waals surface area (Å²) in [6.07, 6.45) is 4.10. The van der Waals surface area contributed by atoms with Gasteiger partial charge < -0.3 is 5.32 Å². The van der Waals surface area contributed by atoms with Gasteiger partial charge in [0.2, 0.25) is 0 Å². The highest BCUT2D eigenvalue weighted by molar-refractivity contribution is 7.97. The quantitative estimate of drug-likeness (QED) is 0.587. The van der Waals surface area contributed by atoms with Crippen molar-refractivity contribution in [3.05, 3.63) is 69.6 Å². The zero-order chi connectivity index (χ0) is 22.6. The molecule has 7 heteroatoms. The van der Waals surface area contributed by atoms with Crippen molar-refractivity contribution in [1.29, 1.82) is 0 Å². The van der Waals surface area contributed by atoms with Gasteiger partial charge in [0, 0.05) is 29.8 Å². The maximum atomic E-state index is 13.4. The number of sulfonamides is 1. The number of nitrogens with zero attached hydrogens (tertiary/aromatic N) is 1. The van der Waals surface area contributed by atoms with Crippen LogP contribution in [0.25, 0.3) is 5.57 Å². The van der Waals surface area contributed by atoms with Crippen molar-refractivity contribution in [3.63, 3.8) is 0 Å². The van der Waals surface area contributed by atoms with Gasteiger partial charge in [0.15, 0.2) is 4.91 Å². The highest BCUT2D eigenvalue weighted by atomic mass is 35.5. The molecular weight excluding hydrogens is 432 g/mol. The van der Waals surface area contributed by atoms with Gasteiger partial charge >= 0.3 is 0 Å². The van der Waals surface area contributed by atoms with E-state index in [0.717, 1.165) is 30.0 Å². The van der Waals surface area contributed by atoms with Gasteiger partial charge in [-0.1, -0.05) is 75.0 Å². The Labute approximate surface area is 190 Å². The fourth-order valence-corrected chi connectivity index (χ4v) is 5.54. The second-order valence-electron chi connectivity index (χ2n) is 7.83. The molecule has 0 unspecified atom stereocenters. The highest BCUT2D eigenvalue weighted by Crippen LogP contribution is 2.43. The number of fused-ring (bicyclic) bond motifs is 1. The van der Waals surface area contributed by atoms with Crippen LogP contribution in [-0.2, 0) is 14.8 Å². The Morgan fingerprint density at radius 2 is 1.84 bits per heavy atom. The van der Waals surface area contributed by atoms with E-state index in [1.54, 1.807) is 18.2 Å². The maximum absolute atomic E-state index is 13.4. The lowest BCUT2D eigenvalue weighted by Crippen LogP contribution is -2.40. The fourth-order valence-electron chi connectivity index (χ4n) is 3.88. The zero-order valence-corrected chi connectivity index (χ0v) is 19.8. The zero-order valence-electron chi connectivity index (χ0n) is 18.2. The first-order valence-corrected chi connectivity index (χ1v) is 12.5. The first kappa shape index (κ1) is 23.4. The fraction of sp³-hybridized carbons (Fsp3) is 0.375. The lowest BCUT2D eigenvalue weighted by molar-refractivity contribution is -0.117. The third-order valence-electron chi connectivity index (χ3n) is 5.78. The monoisotopic (exact) mass is 460 g/mol. The Balaban J connectivity index is 2.13. The summed E-state index contributed by atoms with van der Waals surface area (Å²) in [6.45, 7) is 4.67. The molecule has 0 radical (unpaired) electrons. The molecule has 5 nitrogen and oxygen atoms in total. The minimum Gasteiger partial charge on any atom is -0.351 e. The van der Waals surface area contributed by atoms with E-state index in [1.807, 2.05) is 30.3 Å². The number of carbonyl (C=O) groups is 1. The summed E-state index contributed by atoms with van der Waals surface area (Å²) in [6, 6.07) is 14.2. The van der Waals surface area contributed by atoms with Crippen LogP contribution >= 0.6 is 11.6 Å². The molecule has 1 aliphatic heterocycles. The molecule has 0 spiro atoms. The first-order valence-electron chi connectivity index (χ1n) is 10.7. The average molecular weight is 461 g/mol. The van der Waals surface area contributed by atoms with E-state index in [4.69, 9.17) is 11.6 Å². The summed E-state index contributed by atoms with van der Waals surface area (Å²) in [5, 5.41) is 3.38. The summed E-state index contributed by atoms with van der Waals surface area (Å²) in [7, 11) is -2.57. The van der Waals surface area contributed by atoms with E-state index < -0.39 is 15.9 Å². The number of halogens is 1. The predicted octanol–water partition coefficient (Wildman–Crippen LogP) is 5.21. The number of hydrogen-bond donors (Lipinski definition) is 1. The molecule has 1 amide bonds. The van der Waals surface area contributed by atoms with Gasteiger partial charge in [-0.15, -0.1) is 0 Å². The van der Waals surface area contributed by atoms with E-state index in [-0.39, 0.29) is 4.91 Å². The Hall–Kier alpha value is -2.31. The molecule has 166 valence electrons. The number of benzene rings is 2. The molecule has 1 aliphatic rings. The number of nitrogens with one attached hydrogen (secondary N) is 1. The van der Waals surface area contributed by atoms with Crippen molar-refractivity contribution in [3.8, 4) is 0 Å². The van der Waals surface area contributed by atoms with Gasteiger partial charge in [0.05, 0.1) is 5.69 Å². The van der Waals surface area contributed by atoms with Crippen molar-refractivity contribution >= 4 is 38.8 Å². The molecule has 0 saturated carbocycles. The molecular formula is C24H29ClN2O3S. The van der Waals surface area contributed by atoms with Crippen LogP contribution in [0.1, 0.15) is 50.7 Å². The molecule has 2 aromatic carbocycles. The molecule has 3 rings (SSSR count). The van der Waals surface area contributed by atoms with Gasteiger partial charge in [-0.25, -0.2) is 8.42 Å². The minimum atomic E-state index is -4.04. The normalized spacial score (nSPS) is 16.1. The summed E-state index contributed by atoms with van der Waals surface area (Å²) in [5.74, 6) is -0.262. The lowest BCUT2D eigenvalue weighted by Gasteiger charge is -2.31. The summed E-state index contributed by atoms with van der Waals surface area (Å²) < 4.78 is 28.1. The van der Waals surface area contributed by atoms with Crippen LogP contribution < -0.4 is 9.62 Å². The van der Waals surface area contributed by atoms with E-state index in [2.05, 4.69) is 19.2 Å². The molecule has 1 N–H and O–H groups in total. The van der Waals surface area contributed by atoms with Crippen molar-refractivity contribution in [1.82, 2.24) is 5.32 Å². The minimum absolute atomic E-state index is 0.235. The second-order valence-corrected chi connectivity index (χ2v) is 10.2. The summed E-state index contributed by atoms with van der Waals surface area (Å²) >= 11 is 6.25. The van der Waals surface area contributed by atoms with Crippen molar-refractivity contribution in [2.75, 3.05) is 17.9 Å². The van der Waals surface area contributed by atoms with Crippen LogP contribution in [-0.4, -0.2) is 27.9 Å². The molecule has 0 bridgehead atoms. The van der Waals surface area contributed by atoms with Crippen LogP contribution in [0, 0.1) is 5.92 Å². The Morgan fingerprint density at radius 1 is 1.13 bits per heavy atom. The lowest BCUT2D eigenvalue weighted by atomic mass is 9.95. The van der Waals surface area contributed by atoms with Gasteiger partial charge in [0.1, 0.15) is 0 Å². The SMILES string of the molecule is CCCC[C@@H](CC)CNC(=O)C1=C(c2ccccc2)c2cc(Cl)ccc2N(C)S1(=O)=O. The Kier molecular flexibility index (Phi) is 7.44. The number of unbranched alkanes of at least 4 members (excludes halogenated alkanes) is 1. The van der Waals surface area contributed by atoms with Crippen LogP contribution in [0.15, 0.2) is 53.4 Å². The average Bonchev–Trinajstić information content (AvgIpc) is 2.76. The molecule has 0 aliphatic carbocycles. The first-order chi connectivity index (χ1) is 14.8.